The molecule has 0 spiro atoms. The molecule has 0 saturated heterocycles. The number of aromatic nitrogens is 2. The van der Waals surface area contributed by atoms with Crippen molar-refractivity contribution >= 4 is 11.8 Å². The fraction of sp³-hybridized carbons (Fsp3) is 0.227. The maximum absolute atomic E-state index is 13.0. The predicted molar refractivity (Wildman–Crippen MR) is 111 cm³/mol. The van der Waals surface area contributed by atoms with Crippen LogP contribution in [0, 0.1) is 25.2 Å². The Bertz CT molecular complexity index is 1170. The van der Waals surface area contributed by atoms with Crippen LogP contribution >= 0.6 is 11.8 Å². The Hall–Kier alpha value is -3.04. The van der Waals surface area contributed by atoms with E-state index in [2.05, 4.69) is 17.1 Å². The summed E-state index contributed by atoms with van der Waals surface area (Å²) in [6.07, 6.45) is 0.503. The number of nitriles is 1. The van der Waals surface area contributed by atoms with Gasteiger partial charge in [0, 0.05) is 10.5 Å². The molecule has 0 aliphatic heterocycles. The van der Waals surface area contributed by atoms with Crippen molar-refractivity contribution in [3.05, 3.63) is 91.1 Å². The lowest BCUT2D eigenvalue weighted by molar-refractivity contribution is 0.663. The van der Waals surface area contributed by atoms with Gasteiger partial charge in [0.1, 0.15) is 0 Å². The Labute approximate surface area is 167 Å². The molecule has 142 valence electrons. The third kappa shape index (κ3) is 4.10. The third-order valence-electron chi connectivity index (χ3n) is 4.48. The summed E-state index contributed by atoms with van der Waals surface area (Å²) < 4.78 is 1.17. The fourth-order valence-electron chi connectivity index (χ4n) is 3.18. The zero-order valence-electron chi connectivity index (χ0n) is 16.1. The molecule has 3 aromatic rings. The molecule has 0 unspecified atom stereocenters. The quantitative estimate of drug-likeness (QED) is 0.671. The minimum absolute atomic E-state index is 0.0688. The van der Waals surface area contributed by atoms with Crippen LogP contribution in [-0.2, 0) is 13.0 Å². The molecule has 3 rings (SSSR count). The van der Waals surface area contributed by atoms with E-state index in [1.165, 1.54) is 16.3 Å². The number of H-pyrrole nitrogens is 1. The minimum Gasteiger partial charge on any atom is -0.301 e. The van der Waals surface area contributed by atoms with E-state index < -0.39 is 5.69 Å². The molecule has 6 heteroatoms. The van der Waals surface area contributed by atoms with Gasteiger partial charge in [-0.2, -0.15) is 5.26 Å². The highest BCUT2D eigenvalue weighted by atomic mass is 32.2. The highest BCUT2D eigenvalue weighted by Gasteiger charge is 2.15. The largest absolute Gasteiger partial charge is 0.329 e. The number of benzene rings is 2. The van der Waals surface area contributed by atoms with E-state index in [-0.39, 0.29) is 12.1 Å². The Morgan fingerprint density at radius 1 is 1.11 bits per heavy atom. The summed E-state index contributed by atoms with van der Waals surface area (Å²) in [5.41, 5.74) is 3.15. The van der Waals surface area contributed by atoms with Gasteiger partial charge in [-0.1, -0.05) is 43.0 Å². The lowest BCUT2D eigenvalue weighted by Gasteiger charge is -2.12. The first-order chi connectivity index (χ1) is 13.4. The van der Waals surface area contributed by atoms with Crippen molar-refractivity contribution in [1.29, 1.82) is 5.26 Å². The molecule has 1 aromatic heterocycles. The molecule has 1 heterocycles. The molecular weight excluding hydrogens is 370 g/mol. The second kappa shape index (κ2) is 8.32. The van der Waals surface area contributed by atoms with E-state index in [0.29, 0.717) is 28.1 Å². The van der Waals surface area contributed by atoms with Gasteiger partial charge < -0.3 is 4.98 Å². The number of aromatic amines is 1. The van der Waals surface area contributed by atoms with Gasteiger partial charge in [-0.15, -0.1) is 0 Å². The molecule has 1 N–H and O–H groups in total. The SMILES string of the molecule is CCc1c(Sc2cc(C)cc(C)c2)[nH]c(=O)n(Cc2ccccc2C#N)c1=O. The van der Waals surface area contributed by atoms with Crippen LogP contribution in [0.5, 0.6) is 0 Å². The van der Waals surface area contributed by atoms with E-state index in [0.717, 1.165) is 16.0 Å². The number of hydrogen-bond donors (Lipinski definition) is 1. The monoisotopic (exact) mass is 391 g/mol. The standard InChI is InChI=1S/C22H21N3O2S/c1-4-19-20(28-18-10-14(2)9-15(3)11-18)24-22(27)25(21(19)26)13-17-8-6-5-7-16(17)12-23/h5-11H,4,13H2,1-3H3,(H,24,27). The fourth-order valence-corrected chi connectivity index (χ4v) is 4.40. The number of nitrogens with zero attached hydrogens (tertiary/aromatic N) is 2. The van der Waals surface area contributed by atoms with Gasteiger partial charge in [0.05, 0.1) is 23.2 Å². The topological polar surface area (TPSA) is 78.7 Å². The van der Waals surface area contributed by atoms with Gasteiger partial charge in [-0.05, 0) is 55.2 Å². The molecule has 0 radical (unpaired) electrons. The molecule has 0 bridgehead atoms. The number of nitrogens with one attached hydrogen (secondary N) is 1. The van der Waals surface area contributed by atoms with Gasteiger partial charge in [0.15, 0.2) is 0 Å². The van der Waals surface area contributed by atoms with Gasteiger partial charge in [-0.25, -0.2) is 4.79 Å². The summed E-state index contributed by atoms with van der Waals surface area (Å²) >= 11 is 1.40. The van der Waals surface area contributed by atoms with Gasteiger partial charge in [0.2, 0.25) is 0 Å². The lowest BCUT2D eigenvalue weighted by atomic mass is 10.1. The molecule has 0 aliphatic rings. The molecule has 0 aliphatic carbocycles. The summed E-state index contributed by atoms with van der Waals surface area (Å²) in [6, 6.07) is 15.2. The number of rotatable bonds is 5. The first-order valence-corrected chi connectivity index (χ1v) is 9.84. The van der Waals surface area contributed by atoms with Crippen molar-refractivity contribution in [3.63, 3.8) is 0 Å². The minimum atomic E-state index is -0.471. The summed E-state index contributed by atoms with van der Waals surface area (Å²) in [4.78, 5) is 29.5. The van der Waals surface area contributed by atoms with Crippen LogP contribution in [-0.4, -0.2) is 9.55 Å². The molecule has 5 nitrogen and oxygen atoms in total. The van der Waals surface area contributed by atoms with Crippen molar-refractivity contribution in [3.8, 4) is 6.07 Å². The van der Waals surface area contributed by atoms with Crippen LogP contribution in [0.2, 0.25) is 0 Å². The Morgan fingerprint density at radius 2 is 1.79 bits per heavy atom. The van der Waals surface area contributed by atoms with Gasteiger partial charge in [0.25, 0.3) is 5.56 Å². The van der Waals surface area contributed by atoms with E-state index in [9.17, 15) is 14.9 Å². The van der Waals surface area contributed by atoms with Crippen LogP contribution in [0.3, 0.4) is 0 Å². The highest BCUT2D eigenvalue weighted by molar-refractivity contribution is 7.99. The maximum atomic E-state index is 13.0. The molecule has 0 atom stereocenters. The van der Waals surface area contributed by atoms with E-state index in [4.69, 9.17) is 0 Å². The van der Waals surface area contributed by atoms with Crippen molar-refractivity contribution in [2.75, 3.05) is 0 Å². The zero-order chi connectivity index (χ0) is 20.3. The molecule has 0 amide bonds. The first-order valence-electron chi connectivity index (χ1n) is 9.03. The summed E-state index contributed by atoms with van der Waals surface area (Å²) in [6.45, 7) is 6.00. The van der Waals surface area contributed by atoms with E-state index in [1.807, 2.05) is 32.9 Å². The Kier molecular flexibility index (Phi) is 5.86. The third-order valence-corrected chi connectivity index (χ3v) is 5.50. The van der Waals surface area contributed by atoms with Crippen LogP contribution in [0.1, 0.15) is 34.7 Å². The summed E-state index contributed by atoms with van der Waals surface area (Å²) in [5, 5.41) is 9.84. The van der Waals surface area contributed by atoms with Crippen molar-refractivity contribution in [1.82, 2.24) is 9.55 Å². The zero-order valence-corrected chi connectivity index (χ0v) is 16.9. The molecular formula is C22H21N3O2S. The van der Waals surface area contributed by atoms with Gasteiger partial charge in [-0.3, -0.25) is 9.36 Å². The number of hydrogen-bond acceptors (Lipinski definition) is 4. The molecule has 0 fully saturated rings. The molecule has 28 heavy (non-hydrogen) atoms. The van der Waals surface area contributed by atoms with Crippen molar-refractivity contribution in [2.45, 2.75) is 43.7 Å². The normalized spacial score (nSPS) is 10.6. The van der Waals surface area contributed by atoms with E-state index >= 15 is 0 Å². The van der Waals surface area contributed by atoms with Crippen LogP contribution in [0.4, 0.5) is 0 Å². The second-order valence-electron chi connectivity index (χ2n) is 6.68. The first kappa shape index (κ1) is 19.7. The lowest BCUT2D eigenvalue weighted by Crippen LogP contribution is -2.38. The smallest absolute Gasteiger partial charge is 0.301 e. The molecule has 2 aromatic carbocycles. The average Bonchev–Trinajstić information content (AvgIpc) is 2.65. The summed E-state index contributed by atoms with van der Waals surface area (Å²) in [7, 11) is 0. The Balaban J connectivity index is 2.05. The highest BCUT2D eigenvalue weighted by Crippen LogP contribution is 2.28. The van der Waals surface area contributed by atoms with Crippen LogP contribution < -0.4 is 11.2 Å². The number of aryl methyl sites for hydroxylation is 2. The Morgan fingerprint density at radius 3 is 2.43 bits per heavy atom. The second-order valence-corrected chi connectivity index (χ2v) is 7.76. The van der Waals surface area contributed by atoms with Crippen molar-refractivity contribution in [2.24, 2.45) is 0 Å². The van der Waals surface area contributed by atoms with Gasteiger partial charge >= 0.3 is 5.69 Å². The molecule has 0 saturated carbocycles. The van der Waals surface area contributed by atoms with Crippen LogP contribution in [0.15, 0.2) is 62.0 Å². The average molecular weight is 391 g/mol. The van der Waals surface area contributed by atoms with Crippen LogP contribution in [0.25, 0.3) is 0 Å². The predicted octanol–water partition coefficient (Wildman–Crippen LogP) is 3.79. The maximum Gasteiger partial charge on any atom is 0.329 e. The van der Waals surface area contributed by atoms with Crippen molar-refractivity contribution < 1.29 is 0 Å². The summed E-state index contributed by atoms with van der Waals surface area (Å²) in [5.74, 6) is 0. The van der Waals surface area contributed by atoms with E-state index in [1.54, 1.807) is 24.3 Å².